The second-order valence-corrected chi connectivity index (χ2v) is 7.35. The van der Waals surface area contributed by atoms with Gasteiger partial charge in [0.2, 0.25) is 0 Å². The van der Waals surface area contributed by atoms with E-state index < -0.39 is 16.0 Å². The molecular weight excluding hydrogens is 366 g/mol. The number of anilines is 1. The van der Waals surface area contributed by atoms with Crippen LogP contribution in [0.2, 0.25) is 0 Å². The maximum atomic E-state index is 12.3. The van der Waals surface area contributed by atoms with E-state index in [4.69, 9.17) is 0 Å². The fourth-order valence-electron chi connectivity index (χ4n) is 1.52. The number of sulfonamides is 1. The lowest BCUT2D eigenvalue weighted by Crippen LogP contribution is -2.15. The molecule has 0 aliphatic rings. The molecule has 5 nitrogen and oxygen atoms in total. The zero-order chi connectivity index (χ0) is 14.8. The van der Waals surface area contributed by atoms with Crippen LogP contribution in [0.1, 0.15) is 10.4 Å². The second-order valence-electron chi connectivity index (χ2n) is 3.70. The molecule has 2 rings (SSSR count). The van der Waals surface area contributed by atoms with Crippen LogP contribution in [0.5, 0.6) is 0 Å². The van der Waals surface area contributed by atoms with Gasteiger partial charge in [-0.1, -0.05) is 12.1 Å². The lowest BCUT2D eigenvalue weighted by Gasteiger charge is -2.10. The summed E-state index contributed by atoms with van der Waals surface area (Å²) in [5, 5.41) is 1.66. The number of hydrogen-bond acceptors (Lipinski definition) is 5. The van der Waals surface area contributed by atoms with E-state index in [0.29, 0.717) is 4.47 Å². The van der Waals surface area contributed by atoms with Crippen LogP contribution in [-0.2, 0) is 14.8 Å². The van der Waals surface area contributed by atoms with Crippen LogP contribution >= 0.6 is 27.3 Å². The Morgan fingerprint density at radius 1 is 1.30 bits per heavy atom. The van der Waals surface area contributed by atoms with E-state index in [9.17, 15) is 13.2 Å². The number of nitrogens with one attached hydrogen (secondary N) is 1. The first-order valence-electron chi connectivity index (χ1n) is 5.39. The molecule has 0 aliphatic carbocycles. The first kappa shape index (κ1) is 15.0. The predicted octanol–water partition coefficient (Wildman–Crippen LogP) is 3.10. The number of carbonyl (C=O) groups excluding carboxylic acids is 1. The van der Waals surface area contributed by atoms with Crippen LogP contribution in [0, 0.1) is 0 Å². The quantitative estimate of drug-likeness (QED) is 0.833. The lowest BCUT2D eigenvalue weighted by atomic mass is 10.2. The number of para-hydroxylation sites is 1. The topological polar surface area (TPSA) is 72.5 Å². The Morgan fingerprint density at radius 2 is 2.00 bits per heavy atom. The minimum absolute atomic E-state index is 0.150. The van der Waals surface area contributed by atoms with Gasteiger partial charge in [-0.3, -0.25) is 4.72 Å². The maximum absolute atomic E-state index is 12.3. The number of halogens is 1. The SMILES string of the molecule is COC(=O)c1ccccc1NS(=O)(=O)c1sccc1Br. The van der Waals surface area contributed by atoms with E-state index in [1.165, 1.54) is 19.2 Å². The summed E-state index contributed by atoms with van der Waals surface area (Å²) in [5.74, 6) is -0.603. The van der Waals surface area contributed by atoms with Gasteiger partial charge in [0, 0.05) is 4.47 Å². The molecular formula is C12H10BrNO4S2. The van der Waals surface area contributed by atoms with Gasteiger partial charge in [0.25, 0.3) is 10.0 Å². The molecule has 106 valence electrons. The summed E-state index contributed by atoms with van der Waals surface area (Å²) in [6, 6.07) is 7.91. The van der Waals surface area contributed by atoms with Gasteiger partial charge in [-0.25, -0.2) is 13.2 Å². The van der Waals surface area contributed by atoms with Crippen LogP contribution in [-0.4, -0.2) is 21.5 Å². The third-order valence-electron chi connectivity index (χ3n) is 2.41. The number of esters is 1. The number of carbonyl (C=O) groups is 1. The zero-order valence-corrected chi connectivity index (χ0v) is 13.5. The summed E-state index contributed by atoms with van der Waals surface area (Å²) in [7, 11) is -2.51. The second kappa shape index (κ2) is 5.94. The highest BCUT2D eigenvalue weighted by molar-refractivity contribution is 9.10. The van der Waals surface area contributed by atoms with Crippen LogP contribution in [0.15, 0.2) is 44.4 Å². The van der Waals surface area contributed by atoms with Gasteiger partial charge >= 0.3 is 5.97 Å². The van der Waals surface area contributed by atoms with Crippen LogP contribution < -0.4 is 4.72 Å². The van der Waals surface area contributed by atoms with E-state index in [1.807, 2.05) is 0 Å². The maximum Gasteiger partial charge on any atom is 0.339 e. The standard InChI is InChI=1S/C12H10BrNO4S2/c1-18-11(15)8-4-2-3-5-10(8)14-20(16,17)12-9(13)6-7-19-12/h2-7,14H,1H3. The molecule has 0 spiro atoms. The predicted molar refractivity (Wildman–Crippen MR) is 80.6 cm³/mol. The Balaban J connectivity index is 2.41. The van der Waals surface area contributed by atoms with Crippen molar-refractivity contribution in [3.8, 4) is 0 Å². The number of hydrogen-bond donors (Lipinski definition) is 1. The Kier molecular flexibility index (Phi) is 4.46. The van der Waals surface area contributed by atoms with E-state index in [0.717, 1.165) is 11.3 Å². The Hall–Kier alpha value is -1.38. The average Bonchev–Trinajstić information content (AvgIpc) is 2.85. The minimum Gasteiger partial charge on any atom is -0.465 e. The molecule has 20 heavy (non-hydrogen) atoms. The van der Waals surface area contributed by atoms with Gasteiger partial charge in [0.05, 0.1) is 18.4 Å². The molecule has 1 aromatic heterocycles. The van der Waals surface area contributed by atoms with E-state index in [1.54, 1.807) is 23.6 Å². The molecule has 1 heterocycles. The van der Waals surface area contributed by atoms with Gasteiger partial charge in [-0.2, -0.15) is 0 Å². The zero-order valence-electron chi connectivity index (χ0n) is 10.3. The average molecular weight is 376 g/mol. The summed E-state index contributed by atoms with van der Waals surface area (Å²) in [6.45, 7) is 0. The van der Waals surface area contributed by atoms with E-state index in [-0.39, 0.29) is 15.5 Å². The number of methoxy groups -OCH3 is 1. The molecule has 0 radical (unpaired) electrons. The highest BCUT2D eigenvalue weighted by Crippen LogP contribution is 2.30. The van der Waals surface area contributed by atoms with Gasteiger partial charge in [-0.05, 0) is 39.5 Å². The third kappa shape index (κ3) is 3.02. The molecule has 2 aromatic rings. The largest absolute Gasteiger partial charge is 0.465 e. The monoisotopic (exact) mass is 375 g/mol. The number of thiophene rings is 1. The molecule has 0 aliphatic heterocycles. The van der Waals surface area contributed by atoms with Crippen molar-refractivity contribution in [3.63, 3.8) is 0 Å². The van der Waals surface area contributed by atoms with Crippen molar-refractivity contribution in [2.75, 3.05) is 11.8 Å². The lowest BCUT2D eigenvalue weighted by molar-refractivity contribution is 0.0602. The van der Waals surface area contributed by atoms with E-state index in [2.05, 4.69) is 25.4 Å². The minimum atomic E-state index is -3.75. The first-order chi connectivity index (χ1) is 9.45. The van der Waals surface area contributed by atoms with Crippen molar-refractivity contribution >= 4 is 48.9 Å². The Bertz CT molecular complexity index is 739. The van der Waals surface area contributed by atoms with E-state index >= 15 is 0 Å². The van der Waals surface area contributed by atoms with Gasteiger partial charge in [0.15, 0.2) is 4.21 Å². The smallest absolute Gasteiger partial charge is 0.339 e. The van der Waals surface area contributed by atoms with Crippen LogP contribution in [0.3, 0.4) is 0 Å². The highest BCUT2D eigenvalue weighted by Gasteiger charge is 2.22. The van der Waals surface area contributed by atoms with Gasteiger partial charge in [-0.15, -0.1) is 11.3 Å². The first-order valence-corrected chi connectivity index (χ1v) is 8.54. The molecule has 8 heteroatoms. The van der Waals surface area contributed by atoms with Crippen molar-refractivity contribution in [1.29, 1.82) is 0 Å². The molecule has 0 saturated heterocycles. The van der Waals surface area contributed by atoms with Crippen molar-refractivity contribution in [2.24, 2.45) is 0 Å². The molecule has 0 unspecified atom stereocenters. The molecule has 0 amide bonds. The van der Waals surface area contributed by atoms with Crippen LogP contribution in [0.25, 0.3) is 0 Å². The Labute approximate surface area is 128 Å². The van der Waals surface area contributed by atoms with Crippen molar-refractivity contribution < 1.29 is 17.9 Å². The summed E-state index contributed by atoms with van der Waals surface area (Å²) in [6.07, 6.45) is 0. The normalized spacial score (nSPS) is 11.1. The van der Waals surface area contributed by atoms with Gasteiger partial charge < -0.3 is 4.74 Å². The van der Waals surface area contributed by atoms with Crippen molar-refractivity contribution in [2.45, 2.75) is 4.21 Å². The highest BCUT2D eigenvalue weighted by atomic mass is 79.9. The number of ether oxygens (including phenoxy) is 1. The van der Waals surface area contributed by atoms with Crippen molar-refractivity contribution in [3.05, 3.63) is 45.7 Å². The molecule has 1 N–H and O–H groups in total. The summed E-state index contributed by atoms with van der Waals surface area (Å²) in [4.78, 5) is 11.6. The molecule has 0 bridgehead atoms. The summed E-state index contributed by atoms with van der Waals surface area (Å²) < 4.78 is 32.2. The fraction of sp³-hybridized carbons (Fsp3) is 0.0833. The summed E-state index contributed by atoms with van der Waals surface area (Å²) in [5.41, 5.74) is 0.339. The molecule has 0 fully saturated rings. The summed E-state index contributed by atoms with van der Waals surface area (Å²) >= 11 is 4.26. The molecule has 0 atom stereocenters. The molecule has 0 saturated carbocycles. The number of benzene rings is 1. The fourth-order valence-corrected chi connectivity index (χ4v) is 4.94. The van der Waals surface area contributed by atoms with Crippen LogP contribution in [0.4, 0.5) is 5.69 Å². The molecule has 1 aromatic carbocycles. The Morgan fingerprint density at radius 3 is 2.60 bits per heavy atom. The van der Waals surface area contributed by atoms with Gasteiger partial charge in [0.1, 0.15) is 0 Å². The number of rotatable bonds is 4. The van der Waals surface area contributed by atoms with Crippen molar-refractivity contribution in [1.82, 2.24) is 0 Å². The third-order valence-corrected chi connectivity index (χ3v) is 6.44.